The van der Waals surface area contributed by atoms with Crippen molar-refractivity contribution in [1.82, 2.24) is 0 Å². The van der Waals surface area contributed by atoms with Crippen molar-refractivity contribution in [2.45, 2.75) is 20.3 Å². The molecule has 4 heteroatoms. The van der Waals surface area contributed by atoms with Crippen molar-refractivity contribution in [2.24, 2.45) is 5.41 Å². The van der Waals surface area contributed by atoms with E-state index in [0.717, 1.165) is 25.3 Å². The third-order valence-electron chi connectivity index (χ3n) is 2.92. The fourth-order valence-corrected chi connectivity index (χ4v) is 1.59. The molecule has 0 fully saturated rings. The first kappa shape index (κ1) is 14.3. The Kier molecular flexibility index (Phi) is 4.99. The number of nitrogens with two attached hydrogens (primary N) is 1. The van der Waals surface area contributed by atoms with Gasteiger partial charge in [-0.1, -0.05) is 13.8 Å². The molecule has 18 heavy (non-hydrogen) atoms. The first-order valence-electron chi connectivity index (χ1n) is 6.01. The summed E-state index contributed by atoms with van der Waals surface area (Å²) in [6.07, 6.45) is 0.979. The van der Waals surface area contributed by atoms with Gasteiger partial charge in [-0.3, -0.25) is 0 Å². The minimum atomic E-state index is 0.135. The van der Waals surface area contributed by atoms with E-state index in [2.05, 4.69) is 25.2 Å². The second-order valence-electron chi connectivity index (χ2n) is 5.17. The summed E-state index contributed by atoms with van der Waals surface area (Å²) in [4.78, 5) is 0. The van der Waals surface area contributed by atoms with Gasteiger partial charge in [-0.2, -0.15) is 5.26 Å². The molecule has 0 radical (unpaired) electrons. The molecule has 0 amide bonds. The van der Waals surface area contributed by atoms with Gasteiger partial charge in [0.25, 0.3) is 0 Å². The standard InChI is InChI=1S/C14H21N3O/c1-14(2,6-7-18-3)10-17-13-5-4-11(9-15)8-12(13)16/h4-5,8,17H,6-7,10,16H2,1-3H3. The van der Waals surface area contributed by atoms with E-state index in [4.69, 9.17) is 15.7 Å². The summed E-state index contributed by atoms with van der Waals surface area (Å²) in [7, 11) is 1.71. The first-order valence-corrected chi connectivity index (χ1v) is 6.01. The lowest BCUT2D eigenvalue weighted by atomic mass is 9.89. The second-order valence-corrected chi connectivity index (χ2v) is 5.17. The highest BCUT2D eigenvalue weighted by molar-refractivity contribution is 5.68. The van der Waals surface area contributed by atoms with Crippen LogP contribution in [0.15, 0.2) is 18.2 Å². The molecule has 0 aromatic heterocycles. The summed E-state index contributed by atoms with van der Waals surface area (Å²) < 4.78 is 5.10. The molecule has 1 aromatic carbocycles. The van der Waals surface area contributed by atoms with Gasteiger partial charge in [0.15, 0.2) is 0 Å². The minimum absolute atomic E-state index is 0.135. The lowest BCUT2D eigenvalue weighted by Crippen LogP contribution is -2.25. The van der Waals surface area contributed by atoms with E-state index >= 15 is 0 Å². The van der Waals surface area contributed by atoms with Crippen molar-refractivity contribution in [2.75, 3.05) is 31.3 Å². The van der Waals surface area contributed by atoms with Crippen molar-refractivity contribution < 1.29 is 4.74 Å². The smallest absolute Gasteiger partial charge is 0.0992 e. The zero-order valence-corrected chi connectivity index (χ0v) is 11.3. The Balaban J connectivity index is 2.61. The third kappa shape index (κ3) is 4.27. The third-order valence-corrected chi connectivity index (χ3v) is 2.92. The van der Waals surface area contributed by atoms with Gasteiger partial charge < -0.3 is 15.8 Å². The van der Waals surface area contributed by atoms with Gasteiger partial charge in [-0.25, -0.2) is 0 Å². The molecule has 4 nitrogen and oxygen atoms in total. The largest absolute Gasteiger partial charge is 0.397 e. The molecular weight excluding hydrogens is 226 g/mol. The fraction of sp³-hybridized carbons (Fsp3) is 0.500. The molecule has 98 valence electrons. The van der Waals surface area contributed by atoms with Crippen LogP contribution in [-0.4, -0.2) is 20.3 Å². The molecule has 0 bridgehead atoms. The van der Waals surface area contributed by atoms with Crippen LogP contribution in [0, 0.1) is 16.7 Å². The van der Waals surface area contributed by atoms with E-state index in [9.17, 15) is 0 Å². The summed E-state index contributed by atoms with van der Waals surface area (Å²) in [5, 5.41) is 12.1. The van der Waals surface area contributed by atoms with Crippen molar-refractivity contribution in [3.8, 4) is 6.07 Å². The Labute approximate surface area is 109 Å². The maximum atomic E-state index is 8.77. The summed E-state index contributed by atoms with van der Waals surface area (Å²) >= 11 is 0. The first-order chi connectivity index (χ1) is 8.48. The Morgan fingerprint density at radius 1 is 1.44 bits per heavy atom. The van der Waals surface area contributed by atoms with Gasteiger partial charge in [-0.05, 0) is 30.0 Å². The topological polar surface area (TPSA) is 71.1 Å². The van der Waals surface area contributed by atoms with E-state index < -0.39 is 0 Å². The number of nitrogen functional groups attached to an aromatic ring is 1. The van der Waals surface area contributed by atoms with Crippen LogP contribution in [0.2, 0.25) is 0 Å². The Morgan fingerprint density at radius 3 is 2.72 bits per heavy atom. The number of anilines is 2. The number of methoxy groups -OCH3 is 1. The monoisotopic (exact) mass is 247 g/mol. The molecule has 0 aliphatic heterocycles. The van der Waals surface area contributed by atoms with Gasteiger partial charge in [0.2, 0.25) is 0 Å². The molecule has 1 rings (SSSR count). The second kappa shape index (κ2) is 6.27. The van der Waals surface area contributed by atoms with Crippen molar-refractivity contribution in [1.29, 1.82) is 5.26 Å². The summed E-state index contributed by atoms with van der Waals surface area (Å²) in [5.41, 5.74) is 8.09. The van der Waals surface area contributed by atoms with Crippen LogP contribution < -0.4 is 11.1 Å². The lowest BCUT2D eigenvalue weighted by Gasteiger charge is -2.25. The molecular formula is C14H21N3O. The maximum absolute atomic E-state index is 8.77. The van der Waals surface area contributed by atoms with Crippen LogP contribution in [0.25, 0.3) is 0 Å². The predicted octanol–water partition coefficient (Wildman–Crippen LogP) is 2.62. The summed E-state index contributed by atoms with van der Waals surface area (Å²) in [5.74, 6) is 0. The number of benzene rings is 1. The summed E-state index contributed by atoms with van der Waals surface area (Å²) in [6.45, 7) is 5.92. The molecule has 0 saturated heterocycles. The number of hydrogen-bond acceptors (Lipinski definition) is 4. The molecule has 3 N–H and O–H groups in total. The van der Waals surface area contributed by atoms with Gasteiger partial charge in [0.05, 0.1) is 23.0 Å². The van der Waals surface area contributed by atoms with E-state index in [1.807, 2.05) is 6.07 Å². The van der Waals surface area contributed by atoms with Crippen molar-refractivity contribution in [3.63, 3.8) is 0 Å². The lowest BCUT2D eigenvalue weighted by molar-refractivity contribution is 0.157. The van der Waals surface area contributed by atoms with Crippen LogP contribution in [0.5, 0.6) is 0 Å². The summed E-state index contributed by atoms with van der Waals surface area (Å²) in [6, 6.07) is 7.37. The van der Waals surface area contributed by atoms with E-state index in [0.29, 0.717) is 11.3 Å². The highest BCUT2D eigenvalue weighted by atomic mass is 16.5. The zero-order valence-electron chi connectivity index (χ0n) is 11.3. The highest BCUT2D eigenvalue weighted by Gasteiger charge is 2.17. The van der Waals surface area contributed by atoms with Crippen LogP contribution >= 0.6 is 0 Å². The van der Waals surface area contributed by atoms with Crippen LogP contribution in [0.4, 0.5) is 11.4 Å². The number of rotatable bonds is 6. The molecule has 0 heterocycles. The fourth-order valence-electron chi connectivity index (χ4n) is 1.59. The quantitative estimate of drug-likeness (QED) is 0.758. The van der Waals surface area contributed by atoms with Gasteiger partial charge in [0.1, 0.15) is 0 Å². The SMILES string of the molecule is COCCC(C)(C)CNc1ccc(C#N)cc1N. The van der Waals surface area contributed by atoms with Crippen molar-refractivity contribution in [3.05, 3.63) is 23.8 Å². The number of hydrogen-bond donors (Lipinski definition) is 2. The van der Waals surface area contributed by atoms with Gasteiger partial charge >= 0.3 is 0 Å². The molecule has 0 saturated carbocycles. The van der Waals surface area contributed by atoms with E-state index in [1.54, 1.807) is 19.2 Å². The van der Waals surface area contributed by atoms with Crippen molar-refractivity contribution >= 4 is 11.4 Å². The molecule has 0 aliphatic carbocycles. The number of nitrogens with zero attached hydrogens (tertiary/aromatic N) is 1. The predicted molar refractivity (Wildman–Crippen MR) is 74.3 cm³/mol. The Morgan fingerprint density at radius 2 is 2.17 bits per heavy atom. The van der Waals surface area contributed by atoms with Crippen LogP contribution in [0.3, 0.4) is 0 Å². The number of nitriles is 1. The molecule has 0 spiro atoms. The Bertz CT molecular complexity index is 435. The van der Waals surface area contributed by atoms with Crippen LogP contribution in [0.1, 0.15) is 25.8 Å². The van der Waals surface area contributed by atoms with Gasteiger partial charge in [0, 0.05) is 20.3 Å². The average Bonchev–Trinajstić information content (AvgIpc) is 2.35. The van der Waals surface area contributed by atoms with E-state index in [1.165, 1.54) is 0 Å². The zero-order chi connectivity index (χ0) is 13.6. The molecule has 0 unspecified atom stereocenters. The Hall–Kier alpha value is -1.73. The molecule has 0 atom stereocenters. The van der Waals surface area contributed by atoms with Crippen LogP contribution in [-0.2, 0) is 4.74 Å². The minimum Gasteiger partial charge on any atom is -0.397 e. The maximum Gasteiger partial charge on any atom is 0.0992 e. The molecule has 0 aliphatic rings. The number of nitrogens with one attached hydrogen (secondary N) is 1. The highest BCUT2D eigenvalue weighted by Crippen LogP contribution is 2.24. The molecule has 1 aromatic rings. The van der Waals surface area contributed by atoms with Gasteiger partial charge in [-0.15, -0.1) is 0 Å². The normalized spacial score (nSPS) is 11.0. The number of ether oxygens (including phenoxy) is 1. The average molecular weight is 247 g/mol. The van der Waals surface area contributed by atoms with E-state index in [-0.39, 0.29) is 5.41 Å².